The third-order valence-electron chi connectivity index (χ3n) is 6.42. The van der Waals surface area contributed by atoms with E-state index in [9.17, 15) is 9.59 Å². The zero-order valence-electron chi connectivity index (χ0n) is 17.6. The Bertz CT molecular complexity index is 1140. The first-order valence-electron chi connectivity index (χ1n) is 11.2. The summed E-state index contributed by atoms with van der Waals surface area (Å²) in [5, 5.41) is 3.05. The van der Waals surface area contributed by atoms with Crippen LogP contribution in [0.4, 0.5) is 11.4 Å². The average Bonchev–Trinajstić information content (AvgIpc) is 3.15. The number of rotatable bonds is 4. The molecule has 2 aromatic carbocycles. The Morgan fingerprint density at radius 2 is 1.81 bits per heavy atom. The van der Waals surface area contributed by atoms with Crippen molar-refractivity contribution >= 4 is 28.3 Å². The maximum absolute atomic E-state index is 13.0. The minimum Gasteiger partial charge on any atom is -0.378 e. The van der Waals surface area contributed by atoms with Crippen LogP contribution in [0.3, 0.4) is 0 Å². The van der Waals surface area contributed by atoms with Crippen molar-refractivity contribution in [2.45, 2.75) is 38.1 Å². The average molecular weight is 421 g/mol. The lowest BCUT2D eigenvalue weighted by molar-refractivity contribution is 0.102. The first-order valence-corrected chi connectivity index (χ1v) is 11.2. The third-order valence-corrected chi connectivity index (χ3v) is 6.42. The number of hydrogen-bond donors (Lipinski definition) is 2. The number of aromatic nitrogens is 2. The van der Waals surface area contributed by atoms with Crippen LogP contribution in [0.15, 0.2) is 47.3 Å². The molecule has 3 aromatic rings. The summed E-state index contributed by atoms with van der Waals surface area (Å²) in [6.07, 6.45) is 5.63. The highest BCUT2D eigenvalue weighted by molar-refractivity contribution is 6.07. The van der Waals surface area contributed by atoms with Gasteiger partial charge in [-0.15, -0.1) is 0 Å². The number of carbonyl (C=O) groups excluding carboxylic acids is 1. The van der Waals surface area contributed by atoms with Crippen molar-refractivity contribution in [3.8, 4) is 0 Å². The molecule has 2 heterocycles. The highest BCUT2D eigenvalue weighted by Crippen LogP contribution is 2.30. The molecular formula is C24H28N4O3. The van der Waals surface area contributed by atoms with E-state index in [2.05, 4.69) is 15.2 Å². The fraction of sp³-hybridized carbons (Fsp3) is 0.417. The van der Waals surface area contributed by atoms with Gasteiger partial charge in [-0.3, -0.25) is 9.36 Å². The summed E-state index contributed by atoms with van der Waals surface area (Å²) in [7, 11) is 0. The van der Waals surface area contributed by atoms with E-state index in [0.717, 1.165) is 55.7 Å². The number of anilines is 2. The van der Waals surface area contributed by atoms with E-state index in [1.165, 1.54) is 6.42 Å². The maximum atomic E-state index is 13.0. The molecule has 7 nitrogen and oxygen atoms in total. The van der Waals surface area contributed by atoms with E-state index < -0.39 is 0 Å². The first kappa shape index (κ1) is 19.9. The second kappa shape index (κ2) is 8.59. The molecule has 1 amide bonds. The smallest absolute Gasteiger partial charge is 0.326 e. The van der Waals surface area contributed by atoms with Gasteiger partial charge < -0.3 is 19.9 Å². The van der Waals surface area contributed by atoms with Gasteiger partial charge in [0.05, 0.1) is 35.6 Å². The van der Waals surface area contributed by atoms with Crippen molar-refractivity contribution < 1.29 is 9.53 Å². The molecule has 1 saturated carbocycles. The van der Waals surface area contributed by atoms with Gasteiger partial charge in [-0.1, -0.05) is 31.4 Å². The summed E-state index contributed by atoms with van der Waals surface area (Å²) < 4.78 is 7.33. The lowest BCUT2D eigenvalue weighted by Gasteiger charge is -2.30. The molecule has 2 aliphatic rings. The predicted octanol–water partition coefficient (Wildman–Crippen LogP) is 3.92. The topological polar surface area (TPSA) is 79.4 Å². The number of nitrogens with one attached hydrogen (secondary N) is 2. The molecule has 31 heavy (non-hydrogen) atoms. The number of benzene rings is 2. The normalized spacial score (nSPS) is 17.7. The molecule has 5 rings (SSSR count). The fourth-order valence-electron chi connectivity index (χ4n) is 4.83. The van der Waals surface area contributed by atoms with Crippen LogP contribution in [0.5, 0.6) is 0 Å². The second-order valence-corrected chi connectivity index (χ2v) is 8.39. The summed E-state index contributed by atoms with van der Waals surface area (Å²) in [5.41, 5.74) is 3.81. The molecule has 7 heteroatoms. The van der Waals surface area contributed by atoms with Gasteiger partial charge in [0.1, 0.15) is 0 Å². The van der Waals surface area contributed by atoms with Gasteiger partial charge in [-0.2, -0.15) is 0 Å². The number of amides is 1. The highest BCUT2D eigenvalue weighted by atomic mass is 16.5. The number of ether oxygens (including phenoxy) is 1. The van der Waals surface area contributed by atoms with Gasteiger partial charge in [0.25, 0.3) is 5.91 Å². The molecule has 2 N–H and O–H groups in total. The van der Waals surface area contributed by atoms with Crippen molar-refractivity contribution in [2.24, 2.45) is 0 Å². The van der Waals surface area contributed by atoms with Crippen molar-refractivity contribution in [1.82, 2.24) is 9.55 Å². The molecule has 2 fully saturated rings. The second-order valence-electron chi connectivity index (χ2n) is 8.39. The number of nitrogens with zero attached hydrogens (tertiary/aromatic N) is 2. The van der Waals surface area contributed by atoms with Crippen LogP contribution < -0.4 is 15.9 Å². The van der Waals surface area contributed by atoms with Crippen LogP contribution in [0.2, 0.25) is 0 Å². The Balaban J connectivity index is 1.40. The van der Waals surface area contributed by atoms with Crippen LogP contribution in [-0.2, 0) is 4.74 Å². The number of H-pyrrole nitrogens is 1. The first-order chi connectivity index (χ1) is 15.2. The van der Waals surface area contributed by atoms with Gasteiger partial charge in [0.15, 0.2) is 0 Å². The van der Waals surface area contributed by atoms with Crippen LogP contribution >= 0.6 is 0 Å². The quantitative estimate of drug-likeness (QED) is 0.670. The molecule has 162 valence electrons. The number of para-hydroxylation sites is 2. The SMILES string of the molecule is O=C(Nc1ccccc1N1CCOCC1)c1ccc2c(c1)[nH]c(=O)n2C1CCCCC1. The van der Waals surface area contributed by atoms with Gasteiger partial charge in [0, 0.05) is 24.7 Å². The molecule has 0 radical (unpaired) electrons. The molecule has 1 aromatic heterocycles. The summed E-state index contributed by atoms with van der Waals surface area (Å²) in [4.78, 5) is 30.8. The van der Waals surface area contributed by atoms with E-state index in [1.54, 1.807) is 6.07 Å². The van der Waals surface area contributed by atoms with E-state index in [0.29, 0.717) is 24.3 Å². The van der Waals surface area contributed by atoms with E-state index in [4.69, 9.17) is 4.74 Å². The zero-order chi connectivity index (χ0) is 21.2. The number of imidazole rings is 1. The highest BCUT2D eigenvalue weighted by Gasteiger charge is 2.21. The molecule has 0 bridgehead atoms. The fourth-order valence-corrected chi connectivity index (χ4v) is 4.83. The van der Waals surface area contributed by atoms with Crippen LogP contribution in [0.25, 0.3) is 11.0 Å². The van der Waals surface area contributed by atoms with E-state index in [-0.39, 0.29) is 17.6 Å². The molecule has 1 aliphatic carbocycles. The van der Waals surface area contributed by atoms with Crippen LogP contribution in [0.1, 0.15) is 48.5 Å². The third kappa shape index (κ3) is 3.97. The Hall–Kier alpha value is -3.06. The minimum atomic E-state index is -0.186. The molecule has 0 atom stereocenters. The number of aromatic amines is 1. The Kier molecular flexibility index (Phi) is 5.51. The summed E-state index contributed by atoms with van der Waals surface area (Å²) >= 11 is 0. The lowest BCUT2D eigenvalue weighted by Crippen LogP contribution is -2.36. The standard InChI is InChI=1S/C24H28N4O3/c29-23(25-19-8-4-5-9-21(19)27-12-14-31-15-13-27)17-10-11-22-20(16-17)26-24(30)28(22)18-6-2-1-3-7-18/h4-5,8-11,16,18H,1-3,6-7,12-15H2,(H,25,29)(H,26,30). The van der Waals surface area contributed by atoms with Gasteiger partial charge >= 0.3 is 5.69 Å². The molecule has 1 aliphatic heterocycles. The van der Waals surface area contributed by atoms with Crippen molar-refractivity contribution in [2.75, 3.05) is 36.5 Å². The minimum absolute atomic E-state index is 0.0860. The number of hydrogen-bond acceptors (Lipinski definition) is 4. The van der Waals surface area contributed by atoms with Gasteiger partial charge in [-0.25, -0.2) is 4.79 Å². The molecular weight excluding hydrogens is 392 g/mol. The van der Waals surface area contributed by atoms with Gasteiger partial charge in [0.2, 0.25) is 0 Å². The number of carbonyl (C=O) groups is 1. The van der Waals surface area contributed by atoms with Crippen LogP contribution in [0, 0.1) is 0 Å². The van der Waals surface area contributed by atoms with E-state index >= 15 is 0 Å². The van der Waals surface area contributed by atoms with Crippen molar-refractivity contribution in [3.05, 3.63) is 58.5 Å². The molecule has 0 spiro atoms. The summed E-state index contributed by atoms with van der Waals surface area (Å²) in [6, 6.07) is 13.6. The lowest BCUT2D eigenvalue weighted by atomic mass is 9.95. The Morgan fingerprint density at radius 3 is 2.61 bits per heavy atom. The Morgan fingerprint density at radius 1 is 1.03 bits per heavy atom. The zero-order valence-corrected chi connectivity index (χ0v) is 17.6. The molecule has 0 unspecified atom stereocenters. The molecule has 1 saturated heterocycles. The van der Waals surface area contributed by atoms with Gasteiger partial charge in [-0.05, 0) is 43.2 Å². The van der Waals surface area contributed by atoms with Crippen molar-refractivity contribution in [3.63, 3.8) is 0 Å². The monoisotopic (exact) mass is 420 g/mol. The summed E-state index contributed by atoms with van der Waals surface area (Å²) in [5.74, 6) is -0.186. The number of fused-ring (bicyclic) bond motifs is 1. The Labute approximate surface area is 181 Å². The van der Waals surface area contributed by atoms with Crippen molar-refractivity contribution in [1.29, 1.82) is 0 Å². The number of morpholine rings is 1. The van der Waals surface area contributed by atoms with Crippen LogP contribution in [-0.4, -0.2) is 41.8 Å². The largest absolute Gasteiger partial charge is 0.378 e. The van der Waals surface area contributed by atoms with E-state index in [1.807, 2.05) is 41.0 Å². The maximum Gasteiger partial charge on any atom is 0.326 e. The predicted molar refractivity (Wildman–Crippen MR) is 122 cm³/mol. The summed E-state index contributed by atoms with van der Waals surface area (Å²) in [6.45, 7) is 2.97.